The minimum Gasteiger partial charge on any atom is -0.394 e. The van der Waals surface area contributed by atoms with E-state index < -0.39 is 0 Å². The van der Waals surface area contributed by atoms with Gasteiger partial charge in [0.1, 0.15) is 5.82 Å². The van der Waals surface area contributed by atoms with Crippen LogP contribution in [0.15, 0.2) is 24.3 Å². The first-order valence-electron chi connectivity index (χ1n) is 5.14. The quantitative estimate of drug-likeness (QED) is 0.777. The number of halogens is 1. The minimum atomic E-state index is -0.271. The van der Waals surface area contributed by atoms with E-state index in [9.17, 15) is 4.39 Å². The number of nitrogens with one attached hydrogen (secondary N) is 1. The van der Waals surface area contributed by atoms with Crippen LogP contribution in [0.25, 0.3) is 0 Å². The van der Waals surface area contributed by atoms with E-state index >= 15 is 0 Å². The maximum Gasteiger partial charge on any atom is 0.123 e. The van der Waals surface area contributed by atoms with Crippen molar-refractivity contribution in [3.05, 3.63) is 35.6 Å². The van der Waals surface area contributed by atoms with E-state index in [-0.39, 0.29) is 18.0 Å². The highest BCUT2D eigenvalue weighted by Gasteiger charge is 2.14. The van der Waals surface area contributed by atoms with Crippen molar-refractivity contribution in [3.8, 4) is 0 Å². The average molecular weight is 211 g/mol. The molecule has 0 atom stereocenters. The fourth-order valence-corrected chi connectivity index (χ4v) is 1.29. The first kappa shape index (κ1) is 12.1. The smallest absolute Gasteiger partial charge is 0.123 e. The average Bonchev–Trinajstić information content (AvgIpc) is 2.18. The van der Waals surface area contributed by atoms with Crippen LogP contribution in [0.2, 0.25) is 0 Å². The van der Waals surface area contributed by atoms with Crippen LogP contribution in [-0.4, -0.2) is 23.8 Å². The highest BCUT2D eigenvalue weighted by molar-refractivity contribution is 5.16. The Morgan fingerprint density at radius 2 is 2.13 bits per heavy atom. The molecule has 2 nitrogen and oxygen atoms in total. The summed E-state index contributed by atoms with van der Waals surface area (Å²) in [4.78, 5) is 0. The molecule has 1 rings (SSSR count). The molecule has 0 aliphatic heterocycles. The highest BCUT2D eigenvalue weighted by atomic mass is 19.1. The fraction of sp³-hybridized carbons (Fsp3) is 0.500. The maximum atomic E-state index is 12.8. The Kier molecular flexibility index (Phi) is 4.24. The van der Waals surface area contributed by atoms with Crippen LogP contribution in [0.3, 0.4) is 0 Å². The Bertz CT molecular complexity index is 312. The van der Waals surface area contributed by atoms with Crippen molar-refractivity contribution in [1.82, 2.24) is 5.32 Å². The number of rotatable bonds is 5. The molecule has 0 aliphatic carbocycles. The van der Waals surface area contributed by atoms with Gasteiger partial charge in [-0.3, -0.25) is 0 Å². The van der Waals surface area contributed by atoms with E-state index in [4.69, 9.17) is 5.11 Å². The van der Waals surface area contributed by atoms with E-state index in [2.05, 4.69) is 5.32 Å². The Morgan fingerprint density at radius 3 is 2.73 bits per heavy atom. The van der Waals surface area contributed by atoms with Gasteiger partial charge in [0.15, 0.2) is 0 Å². The second kappa shape index (κ2) is 5.24. The van der Waals surface area contributed by atoms with Crippen molar-refractivity contribution in [1.29, 1.82) is 0 Å². The molecule has 3 heteroatoms. The number of hydrogen-bond donors (Lipinski definition) is 2. The topological polar surface area (TPSA) is 32.3 Å². The van der Waals surface area contributed by atoms with Gasteiger partial charge in [-0.05, 0) is 44.5 Å². The third-order valence-electron chi connectivity index (χ3n) is 2.30. The van der Waals surface area contributed by atoms with Crippen LogP contribution in [0.1, 0.15) is 19.4 Å². The van der Waals surface area contributed by atoms with Gasteiger partial charge in [0.2, 0.25) is 0 Å². The third kappa shape index (κ3) is 4.40. The monoisotopic (exact) mass is 211 g/mol. The van der Waals surface area contributed by atoms with Crippen LogP contribution in [-0.2, 0) is 6.42 Å². The molecule has 0 heterocycles. The summed E-state index contributed by atoms with van der Waals surface area (Å²) in [6.45, 7) is 4.68. The number of aliphatic hydroxyl groups is 1. The molecule has 0 bridgehead atoms. The third-order valence-corrected chi connectivity index (χ3v) is 2.30. The van der Waals surface area contributed by atoms with Crippen molar-refractivity contribution in [2.75, 3.05) is 13.2 Å². The molecular formula is C12H18FNO. The van der Waals surface area contributed by atoms with Crippen LogP contribution < -0.4 is 5.32 Å². The van der Waals surface area contributed by atoms with Gasteiger partial charge in [-0.1, -0.05) is 12.1 Å². The van der Waals surface area contributed by atoms with Gasteiger partial charge in [0, 0.05) is 5.54 Å². The van der Waals surface area contributed by atoms with Crippen molar-refractivity contribution in [2.24, 2.45) is 0 Å². The van der Waals surface area contributed by atoms with E-state index in [0.29, 0.717) is 0 Å². The second-order valence-electron chi connectivity index (χ2n) is 4.35. The fourth-order valence-electron chi connectivity index (χ4n) is 1.29. The van der Waals surface area contributed by atoms with Crippen LogP contribution in [0, 0.1) is 5.82 Å². The summed E-state index contributed by atoms with van der Waals surface area (Å²) in [5.41, 5.74) is 0.698. The molecule has 1 aromatic carbocycles. The molecule has 0 fully saturated rings. The first-order chi connectivity index (χ1) is 7.03. The largest absolute Gasteiger partial charge is 0.394 e. The summed E-state index contributed by atoms with van der Waals surface area (Å²) in [5.74, 6) is -0.200. The first-order valence-corrected chi connectivity index (χ1v) is 5.14. The molecule has 0 radical (unpaired) electrons. The summed E-state index contributed by atoms with van der Waals surface area (Å²) in [7, 11) is 0. The molecule has 0 aromatic heterocycles. The Hall–Kier alpha value is -0.930. The minimum absolute atomic E-state index is 0.0934. The van der Waals surface area contributed by atoms with E-state index in [1.54, 1.807) is 6.07 Å². The van der Waals surface area contributed by atoms with E-state index in [1.807, 2.05) is 19.9 Å². The number of hydrogen-bond acceptors (Lipinski definition) is 2. The summed E-state index contributed by atoms with van der Waals surface area (Å²) in [6.07, 6.45) is 0.765. The summed E-state index contributed by atoms with van der Waals surface area (Å²) < 4.78 is 12.8. The molecule has 1 aromatic rings. The van der Waals surface area contributed by atoms with E-state index in [1.165, 1.54) is 12.1 Å². The molecule has 0 aliphatic rings. The normalized spacial score (nSPS) is 11.7. The molecule has 0 saturated carbocycles. The molecule has 0 amide bonds. The predicted molar refractivity (Wildman–Crippen MR) is 59.3 cm³/mol. The zero-order chi connectivity index (χ0) is 11.3. The number of benzene rings is 1. The Morgan fingerprint density at radius 1 is 1.40 bits per heavy atom. The summed E-state index contributed by atoms with van der Waals surface area (Å²) in [5, 5.41) is 12.2. The lowest BCUT2D eigenvalue weighted by atomic mass is 10.1. The predicted octanol–water partition coefficient (Wildman–Crippen LogP) is 1.73. The molecule has 2 N–H and O–H groups in total. The van der Waals surface area contributed by atoms with Crippen molar-refractivity contribution in [3.63, 3.8) is 0 Å². The molecule has 84 valence electrons. The van der Waals surface area contributed by atoms with Crippen molar-refractivity contribution < 1.29 is 9.50 Å². The van der Waals surface area contributed by atoms with Crippen molar-refractivity contribution in [2.45, 2.75) is 25.8 Å². The van der Waals surface area contributed by atoms with E-state index in [0.717, 1.165) is 18.5 Å². The van der Waals surface area contributed by atoms with Crippen LogP contribution in [0.4, 0.5) is 4.39 Å². The lowest BCUT2D eigenvalue weighted by Gasteiger charge is -2.23. The second-order valence-corrected chi connectivity index (χ2v) is 4.35. The van der Waals surface area contributed by atoms with Gasteiger partial charge in [0.05, 0.1) is 6.61 Å². The van der Waals surface area contributed by atoms with Gasteiger partial charge in [0.25, 0.3) is 0 Å². The van der Waals surface area contributed by atoms with Gasteiger partial charge >= 0.3 is 0 Å². The molecule has 15 heavy (non-hydrogen) atoms. The van der Waals surface area contributed by atoms with Crippen LogP contribution >= 0.6 is 0 Å². The van der Waals surface area contributed by atoms with Gasteiger partial charge in [-0.15, -0.1) is 0 Å². The Balaban J connectivity index is 2.38. The standard InChI is InChI=1S/C12H18FNO/c1-12(2,9-15)14-7-6-10-4-3-5-11(13)8-10/h3-5,8,14-15H,6-7,9H2,1-2H3. The number of aliphatic hydroxyl groups excluding tert-OH is 1. The van der Waals surface area contributed by atoms with Crippen molar-refractivity contribution >= 4 is 0 Å². The maximum absolute atomic E-state index is 12.8. The molecule has 0 unspecified atom stereocenters. The molecule has 0 saturated heterocycles. The Labute approximate surface area is 90.1 Å². The van der Waals surface area contributed by atoms with Gasteiger partial charge in [-0.2, -0.15) is 0 Å². The SMILES string of the molecule is CC(C)(CO)NCCc1cccc(F)c1. The zero-order valence-corrected chi connectivity index (χ0v) is 9.26. The highest BCUT2D eigenvalue weighted by Crippen LogP contribution is 2.05. The zero-order valence-electron chi connectivity index (χ0n) is 9.26. The van der Waals surface area contributed by atoms with Crippen LogP contribution in [0.5, 0.6) is 0 Å². The summed E-state index contributed by atoms with van der Waals surface area (Å²) >= 11 is 0. The molecular weight excluding hydrogens is 193 g/mol. The molecule has 0 spiro atoms. The van der Waals surface area contributed by atoms with Gasteiger partial charge in [-0.25, -0.2) is 4.39 Å². The lowest BCUT2D eigenvalue weighted by molar-refractivity contribution is 0.189. The van der Waals surface area contributed by atoms with Gasteiger partial charge < -0.3 is 10.4 Å². The summed E-state index contributed by atoms with van der Waals surface area (Å²) in [6, 6.07) is 6.58. The lowest BCUT2D eigenvalue weighted by Crippen LogP contribution is -2.43.